The third-order valence-electron chi connectivity index (χ3n) is 3.67. The van der Waals surface area contributed by atoms with Crippen molar-refractivity contribution < 1.29 is 14.3 Å². The maximum Gasteiger partial charge on any atom is 0.239 e. The number of carbonyl (C=O) groups is 1. The number of amides is 1. The first-order valence-corrected chi connectivity index (χ1v) is 7.04. The standard InChI is InChI=1S/C15H21FN2O2/c1-11(15(20)18-8-4-5-9-18)17-10-14(19)12-6-2-3-7-13(12)16/h2-3,6-7,11,14,17,19H,4-5,8-10H2,1H3. The Morgan fingerprint density at radius 3 is 2.70 bits per heavy atom. The van der Waals surface area contributed by atoms with E-state index in [2.05, 4.69) is 5.32 Å². The van der Waals surface area contributed by atoms with Crippen molar-refractivity contribution in [2.24, 2.45) is 0 Å². The summed E-state index contributed by atoms with van der Waals surface area (Å²) in [6.45, 7) is 3.54. The number of nitrogens with zero attached hydrogens (tertiary/aromatic N) is 1. The largest absolute Gasteiger partial charge is 0.387 e. The second-order valence-electron chi connectivity index (χ2n) is 5.20. The fourth-order valence-electron chi connectivity index (χ4n) is 2.44. The Morgan fingerprint density at radius 1 is 1.40 bits per heavy atom. The van der Waals surface area contributed by atoms with E-state index in [1.165, 1.54) is 6.07 Å². The van der Waals surface area contributed by atoms with Crippen LogP contribution in [0, 0.1) is 5.82 Å². The predicted octanol–water partition coefficient (Wildman–Crippen LogP) is 1.46. The maximum absolute atomic E-state index is 13.5. The van der Waals surface area contributed by atoms with E-state index in [0.29, 0.717) is 0 Å². The van der Waals surface area contributed by atoms with E-state index in [0.717, 1.165) is 25.9 Å². The first-order chi connectivity index (χ1) is 9.59. The number of nitrogens with one attached hydrogen (secondary N) is 1. The lowest BCUT2D eigenvalue weighted by Gasteiger charge is -2.22. The number of rotatable bonds is 5. The molecule has 0 aromatic heterocycles. The molecule has 2 rings (SSSR count). The number of benzene rings is 1. The molecule has 2 N–H and O–H groups in total. The molecule has 0 spiro atoms. The van der Waals surface area contributed by atoms with Crippen LogP contribution >= 0.6 is 0 Å². The van der Waals surface area contributed by atoms with Crippen LogP contribution in [0.5, 0.6) is 0 Å². The van der Waals surface area contributed by atoms with Crippen molar-refractivity contribution in [3.63, 3.8) is 0 Å². The first kappa shape index (κ1) is 14.9. The highest BCUT2D eigenvalue weighted by atomic mass is 19.1. The quantitative estimate of drug-likeness (QED) is 0.858. The second kappa shape index (κ2) is 6.81. The van der Waals surface area contributed by atoms with Crippen LogP contribution in [-0.2, 0) is 4.79 Å². The molecular weight excluding hydrogens is 259 g/mol. The summed E-state index contributed by atoms with van der Waals surface area (Å²) in [4.78, 5) is 13.9. The fraction of sp³-hybridized carbons (Fsp3) is 0.533. The zero-order chi connectivity index (χ0) is 14.5. The van der Waals surface area contributed by atoms with Crippen molar-refractivity contribution in [1.82, 2.24) is 10.2 Å². The molecule has 1 fully saturated rings. The summed E-state index contributed by atoms with van der Waals surface area (Å²) >= 11 is 0. The average molecular weight is 280 g/mol. The van der Waals surface area contributed by atoms with Gasteiger partial charge in [-0.25, -0.2) is 4.39 Å². The molecule has 2 atom stereocenters. The van der Waals surface area contributed by atoms with Gasteiger partial charge in [0.25, 0.3) is 0 Å². The highest BCUT2D eigenvalue weighted by Gasteiger charge is 2.23. The Balaban J connectivity index is 1.85. The van der Waals surface area contributed by atoms with Crippen molar-refractivity contribution in [1.29, 1.82) is 0 Å². The third-order valence-corrected chi connectivity index (χ3v) is 3.67. The van der Waals surface area contributed by atoms with Crippen molar-refractivity contribution in [3.8, 4) is 0 Å². The molecule has 1 aromatic rings. The average Bonchev–Trinajstić information content (AvgIpc) is 2.98. The number of hydrogen-bond acceptors (Lipinski definition) is 3. The number of hydrogen-bond donors (Lipinski definition) is 2. The van der Waals surface area contributed by atoms with Gasteiger partial charge < -0.3 is 15.3 Å². The molecule has 1 amide bonds. The lowest BCUT2D eigenvalue weighted by molar-refractivity contribution is -0.132. The number of aliphatic hydroxyl groups excluding tert-OH is 1. The third kappa shape index (κ3) is 3.55. The molecule has 2 unspecified atom stereocenters. The molecule has 1 heterocycles. The van der Waals surface area contributed by atoms with Gasteiger partial charge in [-0.15, -0.1) is 0 Å². The van der Waals surface area contributed by atoms with Crippen molar-refractivity contribution in [3.05, 3.63) is 35.6 Å². The van der Waals surface area contributed by atoms with Crippen LogP contribution in [0.25, 0.3) is 0 Å². The Morgan fingerprint density at radius 2 is 2.05 bits per heavy atom. The van der Waals surface area contributed by atoms with Gasteiger partial charge in [0.15, 0.2) is 0 Å². The highest BCUT2D eigenvalue weighted by molar-refractivity contribution is 5.81. The molecule has 0 bridgehead atoms. The SMILES string of the molecule is CC(NCC(O)c1ccccc1F)C(=O)N1CCCC1. The summed E-state index contributed by atoms with van der Waals surface area (Å²) in [6, 6.07) is 5.76. The molecule has 0 radical (unpaired) electrons. The topological polar surface area (TPSA) is 52.6 Å². The summed E-state index contributed by atoms with van der Waals surface area (Å²) in [7, 11) is 0. The molecule has 4 nitrogen and oxygen atoms in total. The Bertz CT molecular complexity index is 461. The summed E-state index contributed by atoms with van der Waals surface area (Å²) < 4.78 is 13.5. The summed E-state index contributed by atoms with van der Waals surface area (Å²) in [5, 5.41) is 12.9. The minimum atomic E-state index is -0.954. The van der Waals surface area contributed by atoms with Crippen molar-refractivity contribution in [2.75, 3.05) is 19.6 Å². The Kier molecular flexibility index (Phi) is 5.09. The molecule has 1 aliphatic heterocycles. The molecule has 5 heteroatoms. The summed E-state index contributed by atoms with van der Waals surface area (Å²) in [5.74, 6) is -0.386. The van der Waals surface area contributed by atoms with Crippen molar-refractivity contribution in [2.45, 2.75) is 31.9 Å². The van der Waals surface area contributed by atoms with E-state index < -0.39 is 11.9 Å². The van der Waals surface area contributed by atoms with Crippen molar-refractivity contribution >= 4 is 5.91 Å². The monoisotopic (exact) mass is 280 g/mol. The van der Waals surface area contributed by atoms with Gasteiger partial charge in [0, 0.05) is 25.2 Å². The molecule has 110 valence electrons. The first-order valence-electron chi connectivity index (χ1n) is 7.04. The summed E-state index contributed by atoms with van der Waals surface area (Å²) in [6.07, 6.45) is 1.15. The van der Waals surface area contributed by atoms with Gasteiger partial charge in [0.2, 0.25) is 5.91 Å². The number of carbonyl (C=O) groups excluding carboxylic acids is 1. The number of aliphatic hydroxyl groups is 1. The van der Waals surface area contributed by atoms with Crippen LogP contribution in [0.1, 0.15) is 31.4 Å². The molecule has 0 saturated carbocycles. The van der Waals surface area contributed by atoms with Gasteiger partial charge >= 0.3 is 0 Å². The maximum atomic E-state index is 13.5. The van der Waals surface area contributed by atoms with Gasteiger partial charge in [0.1, 0.15) is 5.82 Å². The molecule has 1 saturated heterocycles. The zero-order valence-corrected chi connectivity index (χ0v) is 11.7. The zero-order valence-electron chi connectivity index (χ0n) is 11.7. The van der Waals surface area contributed by atoms with Crippen LogP contribution in [-0.4, -0.2) is 41.6 Å². The molecular formula is C15H21FN2O2. The van der Waals surface area contributed by atoms with E-state index in [-0.39, 0.29) is 24.1 Å². The van der Waals surface area contributed by atoms with Crippen LogP contribution in [0.15, 0.2) is 24.3 Å². The Labute approximate surface area is 118 Å². The molecule has 0 aliphatic carbocycles. The van der Waals surface area contributed by atoms with Crippen LogP contribution in [0.4, 0.5) is 4.39 Å². The predicted molar refractivity (Wildman–Crippen MR) is 74.6 cm³/mol. The van der Waals surface area contributed by atoms with Crippen LogP contribution in [0.2, 0.25) is 0 Å². The highest BCUT2D eigenvalue weighted by Crippen LogP contribution is 2.16. The lowest BCUT2D eigenvalue weighted by Crippen LogP contribution is -2.44. The van der Waals surface area contributed by atoms with Gasteiger partial charge in [-0.05, 0) is 25.8 Å². The molecule has 1 aliphatic rings. The number of likely N-dealkylation sites (tertiary alicyclic amines) is 1. The van der Waals surface area contributed by atoms with Gasteiger partial charge in [-0.2, -0.15) is 0 Å². The lowest BCUT2D eigenvalue weighted by atomic mass is 10.1. The Hall–Kier alpha value is -1.46. The fourth-order valence-corrected chi connectivity index (χ4v) is 2.44. The van der Waals surface area contributed by atoms with E-state index in [9.17, 15) is 14.3 Å². The smallest absolute Gasteiger partial charge is 0.239 e. The molecule has 20 heavy (non-hydrogen) atoms. The van der Waals surface area contributed by atoms with E-state index in [1.807, 2.05) is 4.90 Å². The van der Waals surface area contributed by atoms with Gasteiger partial charge in [-0.1, -0.05) is 18.2 Å². The van der Waals surface area contributed by atoms with Crippen LogP contribution < -0.4 is 5.32 Å². The van der Waals surface area contributed by atoms with E-state index in [4.69, 9.17) is 0 Å². The minimum Gasteiger partial charge on any atom is -0.387 e. The van der Waals surface area contributed by atoms with Gasteiger partial charge in [-0.3, -0.25) is 4.79 Å². The number of halogens is 1. The van der Waals surface area contributed by atoms with E-state index in [1.54, 1.807) is 25.1 Å². The normalized spacial score (nSPS) is 18.1. The van der Waals surface area contributed by atoms with Crippen LogP contribution in [0.3, 0.4) is 0 Å². The summed E-state index contributed by atoms with van der Waals surface area (Å²) in [5.41, 5.74) is 0.251. The van der Waals surface area contributed by atoms with Gasteiger partial charge in [0.05, 0.1) is 12.1 Å². The van der Waals surface area contributed by atoms with E-state index >= 15 is 0 Å². The minimum absolute atomic E-state index is 0.0447. The molecule has 1 aromatic carbocycles. The second-order valence-corrected chi connectivity index (χ2v) is 5.20.